The first-order valence-corrected chi connectivity index (χ1v) is 9.23. The Morgan fingerprint density at radius 3 is 2.48 bits per heavy atom. The van der Waals surface area contributed by atoms with E-state index in [1.165, 1.54) is 0 Å². The smallest absolute Gasteiger partial charge is 0.253 e. The highest BCUT2D eigenvalue weighted by molar-refractivity contribution is 6.35. The monoisotopic (exact) mass is 401 g/mol. The van der Waals surface area contributed by atoms with E-state index in [-0.39, 0.29) is 17.3 Å². The summed E-state index contributed by atoms with van der Waals surface area (Å²) in [6.45, 7) is 1.63. The van der Waals surface area contributed by atoms with Gasteiger partial charge in [0.05, 0.1) is 0 Å². The van der Waals surface area contributed by atoms with Crippen molar-refractivity contribution in [2.75, 3.05) is 24.6 Å². The molecule has 4 rings (SSSR count). The first-order valence-electron chi connectivity index (χ1n) is 8.47. The van der Waals surface area contributed by atoms with Crippen LogP contribution < -0.4 is 21.9 Å². The van der Waals surface area contributed by atoms with Crippen LogP contribution >= 0.6 is 23.2 Å². The highest BCUT2D eigenvalue weighted by atomic mass is 35.5. The standard InChI is InChI=1S/C20H17Cl2N3O2/c1-25-8-14(13-6-11(21)7-16(22)15(13)9-25)10-2-4-12(5-3-10)24-18-17(23)19(26)20(18)27/h2-7,14,24H,8-9,23H2,1H3. The van der Waals surface area contributed by atoms with Gasteiger partial charge in [-0.2, -0.15) is 0 Å². The molecule has 0 amide bonds. The van der Waals surface area contributed by atoms with Crippen LogP contribution in [0.25, 0.3) is 0 Å². The maximum atomic E-state index is 11.5. The molecule has 3 aromatic rings. The number of rotatable bonds is 3. The number of nitrogen functional groups attached to an aromatic ring is 1. The number of fused-ring (bicyclic) bond motifs is 1. The van der Waals surface area contributed by atoms with Crippen molar-refractivity contribution >= 4 is 40.3 Å². The van der Waals surface area contributed by atoms with Crippen molar-refractivity contribution in [2.24, 2.45) is 0 Å². The molecule has 3 N–H and O–H groups in total. The Kier molecular flexibility index (Phi) is 4.46. The van der Waals surface area contributed by atoms with E-state index in [0.717, 1.165) is 29.8 Å². The number of hydrogen-bond donors (Lipinski definition) is 2. The topological polar surface area (TPSA) is 75.4 Å². The number of hydrogen-bond acceptors (Lipinski definition) is 5. The van der Waals surface area contributed by atoms with Crippen molar-refractivity contribution in [3.63, 3.8) is 0 Å². The van der Waals surface area contributed by atoms with Crippen LogP contribution in [0.4, 0.5) is 17.1 Å². The van der Waals surface area contributed by atoms with Gasteiger partial charge in [0.1, 0.15) is 11.4 Å². The number of likely N-dealkylation sites (N-methyl/N-ethyl adjacent to an activating group) is 1. The van der Waals surface area contributed by atoms with Gasteiger partial charge < -0.3 is 16.0 Å². The number of nitrogens with zero attached hydrogens (tertiary/aromatic N) is 1. The Morgan fingerprint density at radius 2 is 1.81 bits per heavy atom. The van der Waals surface area contributed by atoms with Gasteiger partial charge in [0, 0.05) is 34.7 Å². The third kappa shape index (κ3) is 3.12. The van der Waals surface area contributed by atoms with Gasteiger partial charge in [-0.15, -0.1) is 0 Å². The van der Waals surface area contributed by atoms with E-state index in [0.29, 0.717) is 15.7 Å². The molecule has 0 radical (unpaired) electrons. The average molecular weight is 402 g/mol. The third-order valence-corrected chi connectivity index (χ3v) is 5.58. The second-order valence-electron chi connectivity index (χ2n) is 6.90. The molecule has 1 heterocycles. The summed E-state index contributed by atoms with van der Waals surface area (Å²) in [6, 6.07) is 11.5. The van der Waals surface area contributed by atoms with Gasteiger partial charge in [0.15, 0.2) is 0 Å². The lowest BCUT2D eigenvalue weighted by Crippen LogP contribution is -2.36. The van der Waals surface area contributed by atoms with Crippen molar-refractivity contribution in [3.05, 3.63) is 83.6 Å². The number of halogens is 2. The molecule has 3 aromatic carbocycles. The van der Waals surface area contributed by atoms with Crippen molar-refractivity contribution in [3.8, 4) is 0 Å². The van der Waals surface area contributed by atoms with Crippen LogP contribution in [0.3, 0.4) is 0 Å². The molecule has 0 bridgehead atoms. The molecule has 1 atom stereocenters. The summed E-state index contributed by atoms with van der Waals surface area (Å²) in [4.78, 5) is 25.0. The Morgan fingerprint density at radius 1 is 1.11 bits per heavy atom. The van der Waals surface area contributed by atoms with Gasteiger partial charge in [-0.05, 0) is 48.0 Å². The summed E-state index contributed by atoms with van der Waals surface area (Å²) in [5, 5.41) is 4.23. The molecule has 138 valence electrons. The Hall–Kier alpha value is -2.34. The molecule has 1 unspecified atom stereocenters. The van der Waals surface area contributed by atoms with Gasteiger partial charge >= 0.3 is 0 Å². The maximum absolute atomic E-state index is 11.5. The highest BCUT2D eigenvalue weighted by Crippen LogP contribution is 2.38. The van der Waals surface area contributed by atoms with Crippen LogP contribution in [-0.2, 0) is 6.54 Å². The SMILES string of the molecule is CN1Cc2c(Cl)cc(Cl)cc2C(c2ccc(Nc3c(N)c(=O)c3=O)cc2)C1. The Labute approximate surface area is 166 Å². The van der Waals surface area contributed by atoms with Gasteiger partial charge in [0.25, 0.3) is 10.9 Å². The second kappa shape index (κ2) is 6.68. The fourth-order valence-corrected chi connectivity index (χ4v) is 4.18. The lowest BCUT2D eigenvalue weighted by Gasteiger charge is -2.33. The Bertz CT molecular complexity index is 1100. The van der Waals surface area contributed by atoms with Gasteiger partial charge in [-0.1, -0.05) is 35.3 Å². The molecule has 1 aliphatic heterocycles. The number of nitrogens with two attached hydrogens (primary N) is 1. The minimum Gasteiger partial charge on any atom is -0.394 e. The molecule has 7 heteroatoms. The molecule has 5 nitrogen and oxygen atoms in total. The quantitative estimate of drug-likeness (QED) is 0.656. The van der Waals surface area contributed by atoms with E-state index >= 15 is 0 Å². The van der Waals surface area contributed by atoms with Crippen molar-refractivity contribution in [1.82, 2.24) is 4.90 Å². The average Bonchev–Trinajstić information content (AvgIpc) is 2.66. The molecular weight excluding hydrogens is 385 g/mol. The molecule has 0 saturated carbocycles. The summed E-state index contributed by atoms with van der Waals surface area (Å²) in [5.41, 5.74) is 8.54. The molecule has 1 aliphatic rings. The molecule has 0 spiro atoms. The predicted molar refractivity (Wildman–Crippen MR) is 110 cm³/mol. The molecule has 0 saturated heterocycles. The number of nitrogens with one attached hydrogen (secondary N) is 1. The zero-order valence-corrected chi connectivity index (χ0v) is 16.1. The molecule has 0 fully saturated rings. The van der Waals surface area contributed by atoms with Crippen LogP contribution in [0.2, 0.25) is 10.0 Å². The van der Waals surface area contributed by atoms with E-state index in [2.05, 4.69) is 17.3 Å². The van der Waals surface area contributed by atoms with Gasteiger partial charge in [-0.3, -0.25) is 9.59 Å². The first kappa shape index (κ1) is 18.0. The van der Waals surface area contributed by atoms with E-state index in [1.807, 2.05) is 30.3 Å². The number of anilines is 3. The van der Waals surface area contributed by atoms with E-state index in [9.17, 15) is 9.59 Å². The van der Waals surface area contributed by atoms with Crippen LogP contribution in [0.1, 0.15) is 22.6 Å². The van der Waals surface area contributed by atoms with Crippen molar-refractivity contribution in [2.45, 2.75) is 12.5 Å². The minimum absolute atomic E-state index is 0.0174. The third-order valence-electron chi connectivity index (χ3n) is 5.02. The minimum atomic E-state index is -0.635. The van der Waals surface area contributed by atoms with Crippen molar-refractivity contribution < 1.29 is 0 Å². The molecule has 27 heavy (non-hydrogen) atoms. The summed E-state index contributed by atoms with van der Waals surface area (Å²) >= 11 is 12.6. The van der Waals surface area contributed by atoms with Crippen LogP contribution in [-0.4, -0.2) is 18.5 Å². The largest absolute Gasteiger partial charge is 0.394 e. The predicted octanol–water partition coefficient (Wildman–Crippen LogP) is 3.49. The maximum Gasteiger partial charge on any atom is 0.253 e. The van der Waals surface area contributed by atoms with Gasteiger partial charge in [0.2, 0.25) is 0 Å². The molecule has 0 aliphatic carbocycles. The fourth-order valence-electron chi connectivity index (χ4n) is 3.61. The fraction of sp³-hybridized carbons (Fsp3) is 0.200. The zero-order chi connectivity index (χ0) is 19.3. The molecule has 0 aromatic heterocycles. The lowest BCUT2D eigenvalue weighted by atomic mass is 9.84. The first-order chi connectivity index (χ1) is 12.8. The lowest BCUT2D eigenvalue weighted by molar-refractivity contribution is 0.295. The summed E-state index contributed by atoms with van der Waals surface area (Å²) in [5.74, 6) is 0.139. The van der Waals surface area contributed by atoms with Crippen LogP contribution in [0.5, 0.6) is 0 Å². The molecular formula is C20H17Cl2N3O2. The van der Waals surface area contributed by atoms with Crippen LogP contribution in [0.15, 0.2) is 46.0 Å². The zero-order valence-electron chi connectivity index (χ0n) is 14.6. The normalized spacial score (nSPS) is 17.1. The second-order valence-corrected chi connectivity index (χ2v) is 7.74. The van der Waals surface area contributed by atoms with E-state index in [1.54, 1.807) is 6.07 Å². The van der Waals surface area contributed by atoms with E-state index in [4.69, 9.17) is 28.9 Å². The number of benzene rings is 2. The summed E-state index contributed by atoms with van der Waals surface area (Å²) in [7, 11) is 2.06. The summed E-state index contributed by atoms with van der Waals surface area (Å²) < 4.78 is 0. The van der Waals surface area contributed by atoms with Crippen LogP contribution in [0, 0.1) is 0 Å². The highest BCUT2D eigenvalue weighted by Gasteiger charge is 2.27. The Balaban J connectivity index is 1.65. The van der Waals surface area contributed by atoms with Gasteiger partial charge in [-0.25, -0.2) is 0 Å². The van der Waals surface area contributed by atoms with E-state index < -0.39 is 10.9 Å². The summed E-state index contributed by atoms with van der Waals surface area (Å²) in [6.07, 6.45) is 0. The van der Waals surface area contributed by atoms with Crippen molar-refractivity contribution in [1.29, 1.82) is 0 Å².